The average molecular weight is 345 g/mol. The predicted molar refractivity (Wildman–Crippen MR) is 87.7 cm³/mol. The summed E-state index contributed by atoms with van der Waals surface area (Å²) in [6, 6.07) is 3.50. The fourth-order valence-corrected chi connectivity index (χ4v) is 4.98. The van der Waals surface area contributed by atoms with E-state index in [9.17, 15) is 0 Å². The Balaban J connectivity index is 2.20. The van der Waals surface area contributed by atoms with Gasteiger partial charge in [0.15, 0.2) is 0 Å². The van der Waals surface area contributed by atoms with Gasteiger partial charge in [-0.3, -0.25) is 4.90 Å². The van der Waals surface area contributed by atoms with Gasteiger partial charge < -0.3 is 5.73 Å². The SMILES string of the molecule is CCN(C1CCCCC1)C(c1cc(Br)cs1)C(C)N. The van der Waals surface area contributed by atoms with Gasteiger partial charge in [-0.25, -0.2) is 0 Å². The highest BCUT2D eigenvalue weighted by molar-refractivity contribution is 9.10. The zero-order valence-electron chi connectivity index (χ0n) is 11.9. The van der Waals surface area contributed by atoms with Crippen LogP contribution in [0.15, 0.2) is 15.9 Å². The van der Waals surface area contributed by atoms with Gasteiger partial charge in [0.25, 0.3) is 0 Å². The van der Waals surface area contributed by atoms with E-state index in [1.807, 2.05) is 11.3 Å². The summed E-state index contributed by atoms with van der Waals surface area (Å²) >= 11 is 5.39. The highest BCUT2D eigenvalue weighted by atomic mass is 79.9. The molecular weight excluding hydrogens is 320 g/mol. The van der Waals surface area contributed by atoms with E-state index < -0.39 is 0 Å². The van der Waals surface area contributed by atoms with Crippen molar-refractivity contribution in [2.45, 2.75) is 64.1 Å². The van der Waals surface area contributed by atoms with Gasteiger partial charge in [0.05, 0.1) is 6.04 Å². The first-order valence-corrected chi connectivity index (χ1v) is 9.06. The topological polar surface area (TPSA) is 29.3 Å². The molecule has 0 spiro atoms. The van der Waals surface area contributed by atoms with E-state index in [4.69, 9.17) is 5.73 Å². The van der Waals surface area contributed by atoms with Gasteiger partial charge in [0.1, 0.15) is 0 Å². The van der Waals surface area contributed by atoms with Crippen LogP contribution in [0.2, 0.25) is 0 Å². The fourth-order valence-electron chi connectivity index (χ4n) is 3.30. The van der Waals surface area contributed by atoms with Crippen molar-refractivity contribution in [3.8, 4) is 0 Å². The lowest BCUT2D eigenvalue weighted by Gasteiger charge is -2.40. The van der Waals surface area contributed by atoms with E-state index in [0.717, 1.165) is 12.6 Å². The van der Waals surface area contributed by atoms with Crippen LogP contribution in [-0.2, 0) is 0 Å². The zero-order chi connectivity index (χ0) is 13.8. The molecular formula is C15H25BrN2S. The second kappa shape index (κ2) is 7.21. The van der Waals surface area contributed by atoms with Crippen molar-refractivity contribution in [2.75, 3.05) is 6.54 Å². The number of halogens is 1. The van der Waals surface area contributed by atoms with Gasteiger partial charge in [-0.1, -0.05) is 26.2 Å². The monoisotopic (exact) mass is 344 g/mol. The molecule has 0 bridgehead atoms. The molecule has 1 heterocycles. The maximum Gasteiger partial charge on any atom is 0.0593 e. The zero-order valence-corrected chi connectivity index (χ0v) is 14.3. The largest absolute Gasteiger partial charge is 0.326 e. The molecule has 1 fully saturated rings. The number of rotatable bonds is 5. The van der Waals surface area contributed by atoms with Crippen LogP contribution >= 0.6 is 27.3 Å². The third-order valence-electron chi connectivity index (χ3n) is 4.14. The number of nitrogens with zero attached hydrogens (tertiary/aromatic N) is 1. The molecule has 0 aromatic carbocycles. The number of thiophene rings is 1. The van der Waals surface area contributed by atoms with Crippen molar-refractivity contribution < 1.29 is 0 Å². The van der Waals surface area contributed by atoms with Crippen LogP contribution in [0.4, 0.5) is 0 Å². The molecule has 0 aliphatic heterocycles. The van der Waals surface area contributed by atoms with Crippen LogP contribution < -0.4 is 5.73 Å². The highest BCUT2D eigenvalue weighted by Crippen LogP contribution is 2.35. The summed E-state index contributed by atoms with van der Waals surface area (Å²) in [5.74, 6) is 0. The van der Waals surface area contributed by atoms with Crippen molar-refractivity contribution in [2.24, 2.45) is 5.73 Å². The van der Waals surface area contributed by atoms with Gasteiger partial charge in [-0.05, 0) is 48.3 Å². The van der Waals surface area contributed by atoms with E-state index in [-0.39, 0.29) is 6.04 Å². The second-order valence-corrected chi connectivity index (χ2v) is 7.45. The number of hydrogen-bond acceptors (Lipinski definition) is 3. The van der Waals surface area contributed by atoms with Crippen molar-refractivity contribution in [3.63, 3.8) is 0 Å². The molecule has 108 valence electrons. The Morgan fingerprint density at radius 1 is 1.42 bits per heavy atom. The Bertz CT molecular complexity index is 385. The van der Waals surface area contributed by atoms with Crippen LogP contribution in [0, 0.1) is 0 Å². The quantitative estimate of drug-likeness (QED) is 0.848. The lowest BCUT2D eigenvalue weighted by Crippen LogP contribution is -2.45. The van der Waals surface area contributed by atoms with E-state index in [0.29, 0.717) is 6.04 Å². The fraction of sp³-hybridized carbons (Fsp3) is 0.733. The van der Waals surface area contributed by atoms with Gasteiger partial charge in [-0.15, -0.1) is 11.3 Å². The molecule has 2 N–H and O–H groups in total. The first-order valence-electron chi connectivity index (χ1n) is 7.38. The van der Waals surface area contributed by atoms with Crippen molar-refractivity contribution in [1.29, 1.82) is 0 Å². The second-order valence-electron chi connectivity index (χ2n) is 5.59. The molecule has 2 atom stereocenters. The lowest BCUT2D eigenvalue weighted by atomic mass is 9.92. The molecule has 1 aromatic rings. The van der Waals surface area contributed by atoms with Crippen molar-refractivity contribution >= 4 is 27.3 Å². The molecule has 1 saturated carbocycles. The standard InChI is InChI=1S/C15H25BrN2S/c1-3-18(13-7-5-4-6-8-13)15(11(2)17)14-9-12(16)10-19-14/h9-11,13,15H,3-8,17H2,1-2H3. The summed E-state index contributed by atoms with van der Waals surface area (Å²) in [5.41, 5.74) is 6.31. The van der Waals surface area contributed by atoms with Crippen LogP contribution in [0.3, 0.4) is 0 Å². The molecule has 0 radical (unpaired) electrons. The lowest BCUT2D eigenvalue weighted by molar-refractivity contribution is 0.0993. The van der Waals surface area contributed by atoms with Crippen molar-refractivity contribution in [1.82, 2.24) is 4.90 Å². The molecule has 2 rings (SSSR count). The van der Waals surface area contributed by atoms with Crippen LogP contribution in [0.5, 0.6) is 0 Å². The Kier molecular flexibility index (Phi) is 5.87. The van der Waals surface area contributed by atoms with E-state index >= 15 is 0 Å². The van der Waals surface area contributed by atoms with Crippen molar-refractivity contribution in [3.05, 3.63) is 20.8 Å². The minimum atomic E-state index is 0.174. The van der Waals surface area contributed by atoms with Gasteiger partial charge >= 0.3 is 0 Å². The molecule has 2 nitrogen and oxygen atoms in total. The molecule has 1 aliphatic rings. The summed E-state index contributed by atoms with van der Waals surface area (Å²) in [6.07, 6.45) is 6.83. The smallest absolute Gasteiger partial charge is 0.0593 e. The van der Waals surface area contributed by atoms with Crippen LogP contribution in [-0.4, -0.2) is 23.5 Å². The number of nitrogens with two attached hydrogens (primary N) is 1. The summed E-state index contributed by atoms with van der Waals surface area (Å²) in [6.45, 7) is 5.50. The van der Waals surface area contributed by atoms with E-state index in [1.54, 1.807) is 0 Å². The molecule has 2 unspecified atom stereocenters. The number of hydrogen-bond donors (Lipinski definition) is 1. The van der Waals surface area contributed by atoms with Gasteiger partial charge in [0, 0.05) is 26.8 Å². The molecule has 0 amide bonds. The summed E-state index contributed by atoms with van der Waals surface area (Å²) in [7, 11) is 0. The van der Waals surface area contributed by atoms with Gasteiger partial charge in [0.2, 0.25) is 0 Å². The number of likely N-dealkylation sites (N-methyl/N-ethyl adjacent to an activating group) is 1. The van der Waals surface area contributed by atoms with Crippen LogP contribution in [0.1, 0.15) is 56.9 Å². The molecule has 19 heavy (non-hydrogen) atoms. The Morgan fingerprint density at radius 3 is 2.58 bits per heavy atom. The molecule has 0 saturated heterocycles. The summed E-state index contributed by atoms with van der Waals surface area (Å²) < 4.78 is 1.18. The Morgan fingerprint density at radius 2 is 2.11 bits per heavy atom. The van der Waals surface area contributed by atoms with E-state index in [1.165, 1.54) is 41.5 Å². The molecule has 1 aromatic heterocycles. The molecule has 4 heteroatoms. The third-order valence-corrected chi connectivity index (χ3v) is 5.91. The Labute approximate surface area is 129 Å². The average Bonchev–Trinajstić information content (AvgIpc) is 2.82. The minimum Gasteiger partial charge on any atom is -0.326 e. The predicted octanol–water partition coefficient (Wildman–Crippen LogP) is 4.55. The molecule has 1 aliphatic carbocycles. The third kappa shape index (κ3) is 3.81. The maximum atomic E-state index is 6.31. The maximum absolute atomic E-state index is 6.31. The van der Waals surface area contributed by atoms with Gasteiger partial charge in [-0.2, -0.15) is 0 Å². The first kappa shape index (κ1) is 15.5. The first-order chi connectivity index (χ1) is 9.13. The van der Waals surface area contributed by atoms with Crippen LogP contribution in [0.25, 0.3) is 0 Å². The highest BCUT2D eigenvalue weighted by Gasteiger charge is 2.30. The summed E-state index contributed by atoms with van der Waals surface area (Å²) in [4.78, 5) is 4.04. The van der Waals surface area contributed by atoms with E-state index in [2.05, 4.69) is 46.1 Å². The summed E-state index contributed by atoms with van der Waals surface area (Å²) in [5, 5.41) is 2.17. The minimum absolute atomic E-state index is 0.174. The Hall–Kier alpha value is 0.1000. The normalized spacial score (nSPS) is 20.7.